The van der Waals surface area contributed by atoms with Crippen molar-refractivity contribution in [3.63, 3.8) is 0 Å². The molecule has 3 atom stereocenters. The van der Waals surface area contributed by atoms with Crippen LogP contribution in [0.3, 0.4) is 0 Å². The van der Waals surface area contributed by atoms with Crippen molar-refractivity contribution in [2.24, 2.45) is 5.92 Å². The lowest BCUT2D eigenvalue weighted by atomic mass is 9.94. The third-order valence-electron chi connectivity index (χ3n) is 6.06. The second kappa shape index (κ2) is 12.8. The molecule has 1 heterocycles. The highest BCUT2D eigenvalue weighted by atomic mass is 32.2. The van der Waals surface area contributed by atoms with Gasteiger partial charge in [-0.15, -0.1) is 0 Å². The van der Waals surface area contributed by atoms with E-state index in [4.69, 9.17) is 0 Å². The molecule has 0 radical (unpaired) electrons. The van der Waals surface area contributed by atoms with E-state index in [9.17, 15) is 9.59 Å². The molecule has 2 aromatic rings. The van der Waals surface area contributed by atoms with Crippen molar-refractivity contribution >= 4 is 22.8 Å². The Bertz CT molecular complexity index is 886. The molecule has 176 valence electrons. The Balaban J connectivity index is 1.77. The first-order chi connectivity index (χ1) is 15.9. The molecule has 0 saturated carbocycles. The molecule has 0 aliphatic carbocycles. The summed E-state index contributed by atoms with van der Waals surface area (Å²) in [5.41, 5.74) is 3.40. The molecule has 1 aliphatic rings. The van der Waals surface area contributed by atoms with Gasteiger partial charge in [0.1, 0.15) is 0 Å². The van der Waals surface area contributed by atoms with Gasteiger partial charge in [-0.3, -0.25) is 14.9 Å². The Kier molecular flexibility index (Phi) is 9.76. The van der Waals surface area contributed by atoms with E-state index in [2.05, 4.69) is 37.5 Å². The van der Waals surface area contributed by atoms with Gasteiger partial charge in [-0.2, -0.15) is 0 Å². The van der Waals surface area contributed by atoms with E-state index in [1.807, 2.05) is 60.7 Å². The summed E-state index contributed by atoms with van der Waals surface area (Å²) in [6, 6.07) is 19.2. The Morgan fingerprint density at radius 2 is 1.67 bits per heavy atom. The van der Waals surface area contributed by atoms with Crippen LogP contribution in [0.2, 0.25) is 0 Å². The minimum absolute atomic E-state index is 0.0496. The van der Waals surface area contributed by atoms with E-state index in [1.165, 1.54) is 17.3 Å². The quantitative estimate of drug-likeness (QED) is 0.422. The second-order valence-electron chi connectivity index (χ2n) is 9.19. The number of thioether (sulfide) groups is 1. The van der Waals surface area contributed by atoms with Crippen LogP contribution in [0.15, 0.2) is 72.3 Å². The summed E-state index contributed by atoms with van der Waals surface area (Å²) in [6.45, 7) is 6.41. The van der Waals surface area contributed by atoms with E-state index >= 15 is 0 Å². The standard InChI is InChI=1S/C28H36N2O2S/c1-20(2)11-10-12-21(3)19-25(29-24-17-18-33-28(24)32)27(31)30-26(22-13-6-4-7-14-22)23-15-8-5-9-16-23/h4-9,11,13-16,21,24-26,29H,10,12,17-19H2,1-3H3,(H,30,31)/t21?,24-,25?/m0/s1. The van der Waals surface area contributed by atoms with Crippen LogP contribution in [-0.2, 0) is 9.59 Å². The number of benzene rings is 2. The SMILES string of the molecule is CC(C)=CCCC(C)CC(N[C@H]1CCSC1=O)C(=O)NC(c1ccccc1)c1ccccc1. The molecular weight excluding hydrogens is 428 g/mol. The molecule has 2 unspecified atom stereocenters. The lowest BCUT2D eigenvalue weighted by molar-refractivity contribution is -0.124. The molecule has 1 aliphatic heterocycles. The third-order valence-corrected chi connectivity index (χ3v) is 7.07. The van der Waals surface area contributed by atoms with Gasteiger partial charge in [-0.25, -0.2) is 0 Å². The Hall–Kier alpha value is -2.37. The lowest BCUT2D eigenvalue weighted by Gasteiger charge is -2.27. The molecule has 2 N–H and O–H groups in total. The van der Waals surface area contributed by atoms with Crippen LogP contribution in [0.5, 0.6) is 0 Å². The smallest absolute Gasteiger partial charge is 0.237 e. The number of hydrogen-bond donors (Lipinski definition) is 2. The number of carbonyl (C=O) groups is 2. The minimum Gasteiger partial charge on any atom is -0.344 e. The fourth-order valence-corrected chi connectivity index (χ4v) is 5.15. The summed E-state index contributed by atoms with van der Waals surface area (Å²) in [6.07, 6.45) is 5.75. The van der Waals surface area contributed by atoms with Gasteiger partial charge in [0.2, 0.25) is 11.0 Å². The van der Waals surface area contributed by atoms with Crippen molar-refractivity contribution in [1.82, 2.24) is 10.6 Å². The Labute approximate surface area is 202 Å². The van der Waals surface area contributed by atoms with Crippen LogP contribution in [0.1, 0.15) is 63.6 Å². The van der Waals surface area contributed by atoms with Gasteiger partial charge < -0.3 is 5.32 Å². The molecule has 3 rings (SSSR count). The Morgan fingerprint density at radius 3 is 2.18 bits per heavy atom. The zero-order valence-electron chi connectivity index (χ0n) is 19.9. The van der Waals surface area contributed by atoms with E-state index in [0.29, 0.717) is 12.3 Å². The van der Waals surface area contributed by atoms with Crippen molar-refractivity contribution in [2.75, 3.05) is 5.75 Å². The van der Waals surface area contributed by atoms with Gasteiger partial charge >= 0.3 is 0 Å². The highest BCUT2D eigenvalue weighted by Crippen LogP contribution is 2.25. The van der Waals surface area contributed by atoms with Crippen LogP contribution in [0, 0.1) is 5.92 Å². The minimum atomic E-state index is -0.408. The number of allylic oxidation sites excluding steroid dienone is 2. The fourth-order valence-electron chi connectivity index (χ4n) is 4.21. The maximum absolute atomic E-state index is 13.6. The third kappa shape index (κ3) is 7.86. The summed E-state index contributed by atoms with van der Waals surface area (Å²) in [5, 5.41) is 6.84. The molecular formula is C28H36N2O2S. The summed E-state index contributed by atoms with van der Waals surface area (Å²) in [5.74, 6) is 1.13. The zero-order chi connectivity index (χ0) is 23.6. The number of carbonyl (C=O) groups excluding carboxylic acids is 2. The predicted octanol–water partition coefficient (Wildman–Crippen LogP) is 5.66. The van der Waals surface area contributed by atoms with Crippen molar-refractivity contribution in [1.29, 1.82) is 0 Å². The zero-order valence-corrected chi connectivity index (χ0v) is 20.7. The molecule has 1 fully saturated rings. The van der Waals surface area contributed by atoms with E-state index in [1.54, 1.807) is 0 Å². The highest BCUT2D eigenvalue weighted by molar-refractivity contribution is 8.14. The number of hydrogen-bond acceptors (Lipinski definition) is 4. The molecule has 5 heteroatoms. The summed E-state index contributed by atoms with van der Waals surface area (Å²) in [4.78, 5) is 25.9. The van der Waals surface area contributed by atoms with E-state index in [-0.39, 0.29) is 23.1 Å². The van der Waals surface area contributed by atoms with Gasteiger partial charge in [0.05, 0.1) is 18.1 Å². The molecule has 0 spiro atoms. The predicted molar refractivity (Wildman–Crippen MR) is 138 cm³/mol. The molecule has 33 heavy (non-hydrogen) atoms. The molecule has 0 aromatic heterocycles. The topological polar surface area (TPSA) is 58.2 Å². The normalized spacial score (nSPS) is 17.6. The monoisotopic (exact) mass is 464 g/mol. The molecule has 1 amide bonds. The second-order valence-corrected chi connectivity index (χ2v) is 10.3. The van der Waals surface area contributed by atoms with Crippen LogP contribution >= 0.6 is 11.8 Å². The van der Waals surface area contributed by atoms with Crippen molar-refractivity contribution in [2.45, 2.75) is 64.6 Å². The van der Waals surface area contributed by atoms with Crippen LogP contribution in [0.4, 0.5) is 0 Å². The van der Waals surface area contributed by atoms with Crippen molar-refractivity contribution < 1.29 is 9.59 Å². The molecule has 1 saturated heterocycles. The van der Waals surface area contributed by atoms with Crippen molar-refractivity contribution in [3.8, 4) is 0 Å². The summed E-state index contributed by atoms with van der Waals surface area (Å²) in [7, 11) is 0. The van der Waals surface area contributed by atoms with Gasteiger partial charge in [-0.1, -0.05) is 91.0 Å². The van der Waals surface area contributed by atoms with Gasteiger partial charge in [0, 0.05) is 5.75 Å². The number of nitrogens with one attached hydrogen (secondary N) is 2. The number of rotatable bonds is 11. The van der Waals surface area contributed by atoms with Crippen LogP contribution in [0.25, 0.3) is 0 Å². The maximum Gasteiger partial charge on any atom is 0.237 e. The average Bonchev–Trinajstić information content (AvgIpc) is 3.22. The lowest BCUT2D eigenvalue weighted by Crippen LogP contribution is -2.51. The van der Waals surface area contributed by atoms with E-state index in [0.717, 1.165) is 36.1 Å². The Morgan fingerprint density at radius 1 is 1.06 bits per heavy atom. The number of amides is 1. The molecule has 0 bridgehead atoms. The first-order valence-corrected chi connectivity index (χ1v) is 12.9. The van der Waals surface area contributed by atoms with Gasteiger partial charge in [-0.05, 0) is 56.6 Å². The first-order valence-electron chi connectivity index (χ1n) is 11.9. The highest BCUT2D eigenvalue weighted by Gasteiger charge is 2.32. The maximum atomic E-state index is 13.6. The van der Waals surface area contributed by atoms with Crippen molar-refractivity contribution in [3.05, 3.63) is 83.4 Å². The van der Waals surface area contributed by atoms with Crippen LogP contribution in [-0.4, -0.2) is 28.9 Å². The van der Waals surface area contributed by atoms with E-state index < -0.39 is 6.04 Å². The summed E-state index contributed by atoms with van der Waals surface area (Å²) >= 11 is 1.36. The van der Waals surface area contributed by atoms with Crippen LogP contribution < -0.4 is 10.6 Å². The average molecular weight is 465 g/mol. The molecule has 4 nitrogen and oxygen atoms in total. The van der Waals surface area contributed by atoms with Gasteiger partial charge in [0.15, 0.2) is 0 Å². The largest absolute Gasteiger partial charge is 0.344 e. The van der Waals surface area contributed by atoms with Gasteiger partial charge in [0.25, 0.3) is 0 Å². The summed E-state index contributed by atoms with van der Waals surface area (Å²) < 4.78 is 0. The first kappa shape index (κ1) is 25.3. The molecule has 2 aromatic carbocycles. The fraction of sp³-hybridized carbons (Fsp3) is 0.429.